The predicted molar refractivity (Wildman–Crippen MR) is 114 cm³/mol. The maximum Gasteiger partial charge on any atom is 0.251 e. The summed E-state index contributed by atoms with van der Waals surface area (Å²) < 4.78 is 0. The number of hydrogen-bond acceptors (Lipinski definition) is 5. The number of hydrogen-bond donors (Lipinski definition) is 2. The Morgan fingerprint density at radius 2 is 1.86 bits per heavy atom. The van der Waals surface area contributed by atoms with Crippen LogP contribution in [0.5, 0.6) is 0 Å². The molecule has 2 fully saturated rings. The Kier molecular flexibility index (Phi) is 4.79. The van der Waals surface area contributed by atoms with Crippen LogP contribution in [-0.4, -0.2) is 53.1 Å². The molecule has 7 nitrogen and oxygen atoms in total. The van der Waals surface area contributed by atoms with Crippen LogP contribution < -0.4 is 15.1 Å². The number of H-pyrrole nitrogens is 1. The topological polar surface area (TPSA) is 77.1 Å². The van der Waals surface area contributed by atoms with Gasteiger partial charge in [0.15, 0.2) is 0 Å². The molecule has 0 unspecified atom stereocenters. The van der Waals surface area contributed by atoms with Crippen LogP contribution in [0.1, 0.15) is 36.0 Å². The highest BCUT2D eigenvalue weighted by Crippen LogP contribution is 2.25. The molecule has 2 aliphatic rings. The van der Waals surface area contributed by atoms with E-state index in [1.54, 1.807) is 6.33 Å². The van der Waals surface area contributed by atoms with Gasteiger partial charge in [-0.1, -0.05) is 6.07 Å². The van der Waals surface area contributed by atoms with Gasteiger partial charge in [0, 0.05) is 49.7 Å². The van der Waals surface area contributed by atoms with Crippen LogP contribution in [0.2, 0.25) is 0 Å². The molecule has 5 rings (SSSR count). The molecule has 0 aliphatic carbocycles. The fraction of sp³-hybridized carbons (Fsp3) is 0.409. The summed E-state index contributed by atoms with van der Waals surface area (Å²) in [6, 6.07) is 10.2. The zero-order valence-corrected chi connectivity index (χ0v) is 16.5. The molecule has 0 spiro atoms. The molecule has 7 heteroatoms. The Bertz CT molecular complexity index is 1000. The number of amides is 1. The first kappa shape index (κ1) is 18.0. The maximum atomic E-state index is 12.8. The molecule has 2 aliphatic heterocycles. The van der Waals surface area contributed by atoms with Gasteiger partial charge in [0.2, 0.25) is 0 Å². The smallest absolute Gasteiger partial charge is 0.251 e. The van der Waals surface area contributed by atoms with Crippen LogP contribution in [-0.2, 0) is 0 Å². The lowest BCUT2D eigenvalue weighted by Gasteiger charge is -2.33. The number of aromatic amines is 1. The Hall–Kier alpha value is -3.09. The Morgan fingerprint density at radius 1 is 1.03 bits per heavy atom. The third-order valence-corrected chi connectivity index (χ3v) is 6.04. The minimum atomic E-state index is 0.0274. The van der Waals surface area contributed by atoms with Crippen molar-refractivity contribution in [2.75, 3.05) is 36.0 Å². The number of piperidine rings is 1. The summed E-state index contributed by atoms with van der Waals surface area (Å²) in [6.45, 7) is 3.91. The number of carbonyl (C=O) groups excluding carboxylic acids is 1. The van der Waals surface area contributed by atoms with Gasteiger partial charge < -0.3 is 20.1 Å². The monoisotopic (exact) mass is 390 g/mol. The number of fused-ring (bicyclic) bond motifs is 1. The molecule has 0 atom stereocenters. The van der Waals surface area contributed by atoms with Crippen molar-refractivity contribution < 1.29 is 4.79 Å². The first-order valence-electron chi connectivity index (χ1n) is 10.5. The van der Waals surface area contributed by atoms with Crippen LogP contribution in [0.15, 0.2) is 42.9 Å². The number of benzene rings is 1. The van der Waals surface area contributed by atoms with Gasteiger partial charge in [0.1, 0.15) is 17.8 Å². The van der Waals surface area contributed by atoms with Crippen molar-refractivity contribution in [2.45, 2.75) is 31.7 Å². The molecule has 0 radical (unpaired) electrons. The number of nitrogens with zero attached hydrogens (tertiary/aromatic N) is 4. The molecule has 2 saturated heterocycles. The van der Waals surface area contributed by atoms with Crippen molar-refractivity contribution in [3.05, 3.63) is 48.4 Å². The van der Waals surface area contributed by atoms with Gasteiger partial charge in [-0.3, -0.25) is 4.79 Å². The van der Waals surface area contributed by atoms with Crippen molar-refractivity contribution >= 4 is 28.4 Å². The number of rotatable bonds is 4. The van der Waals surface area contributed by atoms with Gasteiger partial charge in [0.05, 0.1) is 5.39 Å². The van der Waals surface area contributed by atoms with Crippen molar-refractivity contribution in [3.63, 3.8) is 0 Å². The summed E-state index contributed by atoms with van der Waals surface area (Å²) in [5, 5.41) is 4.28. The van der Waals surface area contributed by atoms with Crippen LogP contribution in [0.4, 0.5) is 11.5 Å². The average Bonchev–Trinajstić information content (AvgIpc) is 3.46. The lowest BCUT2D eigenvalue weighted by Crippen LogP contribution is -2.45. The van der Waals surface area contributed by atoms with Crippen LogP contribution >= 0.6 is 0 Å². The van der Waals surface area contributed by atoms with E-state index >= 15 is 0 Å². The van der Waals surface area contributed by atoms with E-state index in [0.29, 0.717) is 0 Å². The quantitative estimate of drug-likeness (QED) is 0.716. The zero-order valence-electron chi connectivity index (χ0n) is 16.5. The maximum absolute atomic E-state index is 12.8. The lowest BCUT2D eigenvalue weighted by molar-refractivity contribution is 0.0931. The van der Waals surface area contributed by atoms with E-state index in [-0.39, 0.29) is 11.9 Å². The normalized spacial score (nSPS) is 17.8. The first-order valence-corrected chi connectivity index (χ1v) is 10.5. The molecule has 150 valence electrons. The van der Waals surface area contributed by atoms with E-state index < -0.39 is 0 Å². The van der Waals surface area contributed by atoms with E-state index in [2.05, 4.69) is 36.1 Å². The van der Waals surface area contributed by atoms with Gasteiger partial charge in [-0.2, -0.15) is 0 Å². The minimum absolute atomic E-state index is 0.0274. The standard InChI is InChI=1S/C22H26N6O/c29-22(16-4-3-5-18(14-16)27-10-1-2-11-27)26-17-7-12-28(13-8-17)21-19-6-9-23-20(19)24-15-25-21/h3-6,9,14-15,17H,1-2,7-8,10-13H2,(H,26,29)(H,23,24,25). The third kappa shape index (κ3) is 3.64. The molecule has 1 amide bonds. The summed E-state index contributed by atoms with van der Waals surface area (Å²) >= 11 is 0. The molecular weight excluding hydrogens is 364 g/mol. The van der Waals surface area contributed by atoms with Crippen molar-refractivity contribution in [2.24, 2.45) is 0 Å². The van der Waals surface area contributed by atoms with Gasteiger partial charge in [0.25, 0.3) is 5.91 Å². The van der Waals surface area contributed by atoms with E-state index in [0.717, 1.165) is 67.1 Å². The van der Waals surface area contributed by atoms with E-state index in [9.17, 15) is 4.79 Å². The van der Waals surface area contributed by atoms with Gasteiger partial charge >= 0.3 is 0 Å². The molecule has 2 aromatic heterocycles. The molecule has 4 heterocycles. The summed E-state index contributed by atoms with van der Waals surface area (Å²) in [7, 11) is 0. The molecule has 1 aromatic carbocycles. The molecule has 0 saturated carbocycles. The van der Waals surface area contributed by atoms with E-state index in [4.69, 9.17) is 0 Å². The van der Waals surface area contributed by atoms with Crippen LogP contribution in [0.3, 0.4) is 0 Å². The number of nitrogens with one attached hydrogen (secondary N) is 2. The number of carbonyl (C=O) groups is 1. The van der Waals surface area contributed by atoms with E-state index in [1.807, 2.05) is 30.5 Å². The largest absolute Gasteiger partial charge is 0.372 e. The van der Waals surface area contributed by atoms with Gasteiger partial charge in [-0.05, 0) is 49.9 Å². The van der Waals surface area contributed by atoms with Crippen LogP contribution in [0, 0.1) is 0 Å². The highest BCUT2D eigenvalue weighted by atomic mass is 16.1. The Balaban J connectivity index is 1.21. The lowest BCUT2D eigenvalue weighted by atomic mass is 10.0. The second-order valence-electron chi connectivity index (χ2n) is 7.92. The molecule has 0 bridgehead atoms. The Morgan fingerprint density at radius 3 is 2.69 bits per heavy atom. The van der Waals surface area contributed by atoms with Crippen molar-refractivity contribution in [1.82, 2.24) is 20.3 Å². The second kappa shape index (κ2) is 7.73. The SMILES string of the molecule is O=C(NC1CCN(c2ncnc3[nH]ccc23)CC1)c1cccc(N2CCCC2)c1. The first-order chi connectivity index (χ1) is 14.3. The van der Waals surface area contributed by atoms with E-state index in [1.165, 1.54) is 12.8 Å². The van der Waals surface area contributed by atoms with Crippen molar-refractivity contribution in [3.8, 4) is 0 Å². The summed E-state index contributed by atoms with van der Waals surface area (Å²) in [6.07, 6.45) is 7.79. The highest BCUT2D eigenvalue weighted by molar-refractivity contribution is 5.95. The number of aromatic nitrogens is 3. The fourth-order valence-corrected chi connectivity index (χ4v) is 4.43. The highest BCUT2D eigenvalue weighted by Gasteiger charge is 2.24. The van der Waals surface area contributed by atoms with Crippen LogP contribution in [0.25, 0.3) is 11.0 Å². The molecule has 3 aromatic rings. The van der Waals surface area contributed by atoms with Crippen molar-refractivity contribution in [1.29, 1.82) is 0 Å². The minimum Gasteiger partial charge on any atom is -0.372 e. The van der Waals surface area contributed by atoms with Gasteiger partial charge in [-0.25, -0.2) is 9.97 Å². The third-order valence-electron chi connectivity index (χ3n) is 6.04. The fourth-order valence-electron chi connectivity index (χ4n) is 4.43. The number of anilines is 2. The summed E-state index contributed by atoms with van der Waals surface area (Å²) in [5.74, 6) is 0.999. The predicted octanol–water partition coefficient (Wildman–Crippen LogP) is 2.96. The summed E-state index contributed by atoms with van der Waals surface area (Å²) in [4.78, 5) is 29.3. The zero-order chi connectivity index (χ0) is 19.6. The molecule has 29 heavy (non-hydrogen) atoms. The van der Waals surface area contributed by atoms with Gasteiger partial charge in [-0.15, -0.1) is 0 Å². The summed E-state index contributed by atoms with van der Waals surface area (Å²) in [5.41, 5.74) is 2.77. The Labute approximate surface area is 170 Å². The average molecular weight is 390 g/mol. The molecule has 2 N–H and O–H groups in total. The molecular formula is C22H26N6O. The second-order valence-corrected chi connectivity index (χ2v) is 7.92.